The molecular weight excluding hydrogens is 316 g/mol. The summed E-state index contributed by atoms with van der Waals surface area (Å²) in [6.07, 6.45) is -11.2. The molecule has 1 aromatic carbocycles. The van der Waals surface area contributed by atoms with Crippen LogP contribution in [0.25, 0.3) is 0 Å². The fraction of sp³-hybridized carbons (Fsp3) is 0.385. The number of benzene rings is 1. The van der Waals surface area contributed by atoms with E-state index in [0.717, 1.165) is 0 Å². The molecule has 0 amide bonds. The number of rotatable bonds is 7. The Morgan fingerprint density at radius 2 is 1.35 bits per heavy atom. The first-order valence-electron chi connectivity index (χ1n) is 6.26. The van der Waals surface area contributed by atoms with E-state index in [9.17, 15) is 40.2 Å². The lowest BCUT2D eigenvalue weighted by molar-refractivity contribution is -0.140. The van der Waals surface area contributed by atoms with Crippen LogP contribution < -0.4 is 0 Å². The predicted molar refractivity (Wildman–Crippen MR) is 71.9 cm³/mol. The molecule has 0 aliphatic rings. The number of hydrogen-bond acceptors (Lipinski definition) is 10. The van der Waals surface area contributed by atoms with Crippen molar-refractivity contribution in [1.82, 2.24) is 0 Å². The maximum atomic E-state index is 11.9. The smallest absolute Gasteiger partial charge is 0.200 e. The van der Waals surface area contributed by atoms with E-state index >= 15 is 0 Å². The van der Waals surface area contributed by atoms with Crippen LogP contribution in [-0.4, -0.2) is 83.4 Å². The molecule has 0 heterocycles. The second kappa shape index (κ2) is 7.35. The molecule has 5 atom stereocenters. The predicted octanol–water partition coefficient (Wildman–Crippen LogP) is -3.01. The topological polar surface area (TPSA) is 196 Å². The van der Waals surface area contributed by atoms with Gasteiger partial charge >= 0.3 is 0 Å². The van der Waals surface area contributed by atoms with E-state index in [1.807, 2.05) is 0 Å². The lowest BCUT2D eigenvalue weighted by Gasteiger charge is -2.26. The normalized spacial score (nSPS) is 17.8. The Balaban J connectivity index is 2.97. The first-order chi connectivity index (χ1) is 10.6. The lowest BCUT2D eigenvalue weighted by Crippen LogP contribution is -2.51. The van der Waals surface area contributed by atoms with Crippen molar-refractivity contribution in [2.45, 2.75) is 30.5 Å². The molecule has 0 spiro atoms. The number of phenols is 3. The summed E-state index contributed by atoms with van der Waals surface area (Å²) in [7, 11) is 0. The SMILES string of the molecule is O=CC(O)C(O)C(O)C(O)C(O)C(=O)c1cc(O)c(O)c(O)c1. The van der Waals surface area contributed by atoms with Crippen LogP contribution in [0.2, 0.25) is 0 Å². The van der Waals surface area contributed by atoms with Gasteiger partial charge in [-0.25, -0.2) is 0 Å². The van der Waals surface area contributed by atoms with Crippen LogP contribution >= 0.6 is 0 Å². The Bertz CT molecular complexity index is 563. The Labute approximate surface area is 129 Å². The van der Waals surface area contributed by atoms with E-state index in [1.165, 1.54) is 0 Å². The molecule has 1 rings (SSSR count). The van der Waals surface area contributed by atoms with Crippen molar-refractivity contribution in [2.75, 3.05) is 0 Å². The maximum Gasteiger partial charge on any atom is 0.200 e. The molecule has 5 unspecified atom stereocenters. The summed E-state index contributed by atoms with van der Waals surface area (Å²) < 4.78 is 0. The van der Waals surface area contributed by atoms with Gasteiger partial charge in [-0.15, -0.1) is 0 Å². The number of aliphatic hydroxyl groups excluding tert-OH is 5. The van der Waals surface area contributed by atoms with E-state index in [1.54, 1.807) is 0 Å². The third-order valence-electron chi connectivity index (χ3n) is 3.14. The average molecular weight is 332 g/mol. The molecule has 0 saturated carbocycles. The van der Waals surface area contributed by atoms with Crippen LogP contribution in [-0.2, 0) is 4.79 Å². The number of ketones is 1. The molecule has 0 saturated heterocycles. The molecule has 23 heavy (non-hydrogen) atoms. The van der Waals surface area contributed by atoms with Gasteiger partial charge in [0.25, 0.3) is 0 Å². The van der Waals surface area contributed by atoms with E-state index in [2.05, 4.69) is 0 Å². The minimum absolute atomic E-state index is 0.120. The van der Waals surface area contributed by atoms with Crippen LogP contribution in [0.4, 0.5) is 0 Å². The molecule has 8 N–H and O–H groups in total. The minimum atomic E-state index is -2.32. The van der Waals surface area contributed by atoms with Crippen LogP contribution in [0.1, 0.15) is 10.4 Å². The van der Waals surface area contributed by atoms with E-state index in [0.29, 0.717) is 12.1 Å². The van der Waals surface area contributed by atoms with Crippen molar-refractivity contribution >= 4 is 12.1 Å². The summed E-state index contributed by atoms with van der Waals surface area (Å²) in [5.41, 5.74) is -0.512. The summed E-state index contributed by atoms with van der Waals surface area (Å²) >= 11 is 0. The summed E-state index contributed by atoms with van der Waals surface area (Å²) in [5.74, 6) is -3.91. The van der Waals surface area contributed by atoms with Gasteiger partial charge in [-0.2, -0.15) is 0 Å². The minimum Gasteiger partial charge on any atom is -0.504 e. The number of aldehydes is 1. The van der Waals surface area contributed by atoms with Crippen LogP contribution in [0.3, 0.4) is 0 Å². The van der Waals surface area contributed by atoms with Gasteiger partial charge in [-0.1, -0.05) is 0 Å². The van der Waals surface area contributed by atoms with Gasteiger partial charge in [-0.05, 0) is 12.1 Å². The number of hydrogen-bond donors (Lipinski definition) is 8. The van der Waals surface area contributed by atoms with Crippen molar-refractivity contribution < 1.29 is 50.4 Å². The Hall–Kier alpha value is -2.24. The molecule has 128 valence electrons. The van der Waals surface area contributed by atoms with Crippen molar-refractivity contribution in [3.05, 3.63) is 17.7 Å². The molecule has 10 nitrogen and oxygen atoms in total. The van der Waals surface area contributed by atoms with Crippen molar-refractivity contribution in [1.29, 1.82) is 0 Å². The monoisotopic (exact) mass is 332 g/mol. The second-order valence-corrected chi connectivity index (χ2v) is 4.77. The first-order valence-corrected chi connectivity index (χ1v) is 6.26. The molecule has 0 bridgehead atoms. The fourth-order valence-electron chi connectivity index (χ4n) is 1.74. The molecule has 0 fully saturated rings. The largest absolute Gasteiger partial charge is 0.504 e. The molecule has 0 aliphatic heterocycles. The first kappa shape index (κ1) is 18.8. The Kier molecular flexibility index (Phi) is 6.01. The summed E-state index contributed by atoms with van der Waals surface area (Å²) in [4.78, 5) is 22.2. The maximum absolute atomic E-state index is 11.9. The van der Waals surface area contributed by atoms with E-state index in [-0.39, 0.29) is 6.29 Å². The number of aliphatic hydroxyl groups is 5. The molecule has 0 aromatic heterocycles. The molecular formula is C13H16O10. The summed E-state index contributed by atoms with van der Waals surface area (Å²) in [5, 5.41) is 75.0. The van der Waals surface area contributed by atoms with Gasteiger partial charge in [-0.3, -0.25) is 4.79 Å². The quantitative estimate of drug-likeness (QED) is 0.145. The number of carbonyl (C=O) groups excluding carboxylic acids is 2. The zero-order valence-electron chi connectivity index (χ0n) is 11.5. The number of phenolic OH excluding ortho intramolecular Hbond substituents is 3. The van der Waals surface area contributed by atoms with Crippen LogP contribution in [0.15, 0.2) is 12.1 Å². The van der Waals surface area contributed by atoms with Gasteiger partial charge in [0, 0.05) is 5.56 Å². The highest BCUT2D eigenvalue weighted by Crippen LogP contribution is 2.35. The third-order valence-corrected chi connectivity index (χ3v) is 3.14. The number of Topliss-reactive ketones (excluding diaryl/α,β-unsaturated/α-hetero) is 1. The highest BCUT2D eigenvalue weighted by atomic mass is 16.4. The van der Waals surface area contributed by atoms with Crippen LogP contribution in [0.5, 0.6) is 17.2 Å². The van der Waals surface area contributed by atoms with Crippen molar-refractivity contribution in [2.24, 2.45) is 0 Å². The summed E-state index contributed by atoms with van der Waals surface area (Å²) in [6, 6.07) is 1.38. The van der Waals surface area contributed by atoms with Gasteiger partial charge in [0.15, 0.2) is 29.3 Å². The van der Waals surface area contributed by atoms with Gasteiger partial charge in [0.1, 0.15) is 30.5 Å². The second-order valence-electron chi connectivity index (χ2n) is 4.77. The van der Waals surface area contributed by atoms with Gasteiger partial charge < -0.3 is 45.6 Å². The average Bonchev–Trinajstić information content (AvgIpc) is 2.54. The fourth-order valence-corrected chi connectivity index (χ4v) is 1.74. The van der Waals surface area contributed by atoms with Crippen molar-refractivity contribution in [3.63, 3.8) is 0 Å². The molecule has 1 aromatic rings. The highest BCUT2D eigenvalue weighted by molar-refractivity contribution is 6.00. The Morgan fingerprint density at radius 3 is 1.78 bits per heavy atom. The Morgan fingerprint density at radius 1 is 0.870 bits per heavy atom. The molecule has 0 aliphatic carbocycles. The van der Waals surface area contributed by atoms with E-state index < -0.39 is 59.1 Å². The van der Waals surface area contributed by atoms with Crippen LogP contribution in [0, 0.1) is 0 Å². The third kappa shape index (κ3) is 3.94. The lowest BCUT2D eigenvalue weighted by atomic mass is 9.94. The van der Waals surface area contributed by atoms with Gasteiger partial charge in [0.05, 0.1) is 0 Å². The molecule has 0 radical (unpaired) electrons. The zero-order chi connectivity index (χ0) is 17.9. The highest BCUT2D eigenvalue weighted by Gasteiger charge is 2.37. The van der Waals surface area contributed by atoms with Gasteiger partial charge in [0.2, 0.25) is 0 Å². The van der Waals surface area contributed by atoms with E-state index in [4.69, 9.17) is 10.2 Å². The standard InChI is InChI=1S/C13H16O10/c14-3-7(17)10(20)12(22)13(23)11(21)8(18)4-1-5(15)9(19)6(16)2-4/h1-3,7,10-13,15-17,19-23H. The number of carbonyl (C=O) groups is 2. The molecule has 10 heteroatoms. The van der Waals surface area contributed by atoms with Crippen molar-refractivity contribution in [3.8, 4) is 17.2 Å². The zero-order valence-corrected chi connectivity index (χ0v) is 11.5. The number of aromatic hydroxyl groups is 3. The summed E-state index contributed by atoms with van der Waals surface area (Å²) in [6.45, 7) is 0.